The van der Waals surface area contributed by atoms with Crippen LogP contribution >= 0.6 is 0 Å². The lowest BCUT2D eigenvalue weighted by Crippen LogP contribution is -2.32. The topological polar surface area (TPSA) is 29.9 Å². The Bertz CT molecular complexity index is 597. The van der Waals surface area contributed by atoms with Gasteiger partial charge in [-0.25, -0.2) is 4.98 Å². The van der Waals surface area contributed by atoms with Crippen molar-refractivity contribution in [2.75, 3.05) is 6.54 Å². The largest absolute Gasteiger partial charge is 0.324 e. The molecule has 1 N–H and O–H groups in total. The lowest BCUT2D eigenvalue weighted by molar-refractivity contribution is 0.310. The number of piperidine rings is 1. The fourth-order valence-electron chi connectivity index (χ4n) is 3.33. The molecule has 1 aromatic heterocycles. The molecule has 1 saturated carbocycles. The number of nitrogens with one attached hydrogen (secondary N) is 1. The third-order valence-electron chi connectivity index (χ3n) is 4.51. The van der Waals surface area contributed by atoms with Crippen molar-refractivity contribution in [3.8, 4) is 0 Å². The van der Waals surface area contributed by atoms with Crippen LogP contribution in [0.4, 0.5) is 0 Å². The van der Waals surface area contributed by atoms with Crippen LogP contribution in [0.25, 0.3) is 11.0 Å². The smallest absolute Gasteiger partial charge is 0.127 e. The van der Waals surface area contributed by atoms with E-state index in [9.17, 15) is 0 Å². The molecule has 4 rings (SSSR count). The zero-order chi connectivity index (χ0) is 12.8. The molecule has 3 nitrogen and oxygen atoms in total. The molecule has 1 saturated heterocycles. The van der Waals surface area contributed by atoms with Gasteiger partial charge in [0.05, 0.1) is 17.1 Å². The van der Waals surface area contributed by atoms with Crippen LogP contribution in [0.15, 0.2) is 24.3 Å². The first kappa shape index (κ1) is 11.5. The number of rotatable bonds is 2. The molecule has 2 atom stereocenters. The first-order valence-electron chi connectivity index (χ1n) is 7.53. The summed E-state index contributed by atoms with van der Waals surface area (Å²) in [6.45, 7) is 3.48. The van der Waals surface area contributed by atoms with Gasteiger partial charge in [-0.1, -0.05) is 19.1 Å². The van der Waals surface area contributed by atoms with E-state index >= 15 is 0 Å². The summed E-state index contributed by atoms with van der Waals surface area (Å²) >= 11 is 0. The van der Waals surface area contributed by atoms with Crippen molar-refractivity contribution in [2.45, 2.75) is 44.7 Å². The Balaban J connectivity index is 1.81. The average molecular weight is 255 g/mol. The van der Waals surface area contributed by atoms with Crippen molar-refractivity contribution < 1.29 is 0 Å². The first-order chi connectivity index (χ1) is 9.33. The van der Waals surface area contributed by atoms with Crippen LogP contribution < -0.4 is 5.32 Å². The van der Waals surface area contributed by atoms with E-state index in [0.29, 0.717) is 12.1 Å². The summed E-state index contributed by atoms with van der Waals surface area (Å²) in [5.41, 5.74) is 2.48. The summed E-state index contributed by atoms with van der Waals surface area (Å²) in [7, 11) is 0. The van der Waals surface area contributed by atoms with E-state index < -0.39 is 0 Å². The van der Waals surface area contributed by atoms with Crippen molar-refractivity contribution in [1.82, 2.24) is 14.9 Å². The third kappa shape index (κ3) is 1.96. The number of benzene rings is 1. The second kappa shape index (κ2) is 4.34. The minimum atomic E-state index is 0.441. The number of imidazole rings is 1. The van der Waals surface area contributed by atoms with Gasteiger partial charge in [-0.2, -0.15) is 0 Å². The van der Waals surface area contributed by atoms with Crippen LogP contribution in [0.3, 0.4) is 0 Å². The molecule has 1 aromatic carbocycles. The fraction of sp³-hybridized carbons (Fsp3) is 0.562. The highest BCUT2D eigenvalue weighted by Crippen LogP contribution is 2.41. The van der Waals surface area contributed by atoms with Gasteiger partial charge in [-0.05, 0) is 50.3 Å². The van der Waals surface area contributed by atoms with Gasteiger partial charge in [0.15, 0.2) is 0 Å². The van der Waals surface area contributed by atoms with Gasteiger partial charge in [0, 0.05) is 6.04 Å². The Kier molecular flexibility index (Phi) is 2.62. The van der Waals surface area contributed by atoms with E-state index in [4.69, 9.17) is 4.98 Å². The highest BCUT2D eigenvalue weighted by molar-refractivity contribution is 5.76. The van der Waals surface area contributed by atoms with Crippen LogP contribution in [0.2, 0.25) is 0 Å². The maximum absolute atomic E-state index is 4.93. The van der Waals surface area contributed by atoms with Gasteiger partial charge in [0.2, 0.25) is 0 Å². The fourth-order valence-corrected chi connectivity index (χ4v) is 3.33. The van der Waals surface area contributed by atoms with Crippen LogP contribution in [0, 0.1) is 5.92 Å². The monoisotopic (exact) mass is 255 g/mol. The predicted octanol–water partition coefficient (Wildman–Crippen LogP) is 3.43. The average Bonchev–Trinajstić information content (AvgIpc) is 3.18. The molecule has 2 heterocycles. The normalized spacial score (nSPS) is 27.8. The zero-order valence-electron chi connectivity index (χ0n) is 11.5. The number of fused-ring (bicyclic) bond motifs is 1. The Morgan fingerprint density at radius 2 is 2.05 bits per heavy atom. The summed E-state index contributed by atoms with van der Waals surface area (Å²) in [5, 5.41) is 3.67. The summed E-state index contributed by atoms with van der Waals surface area (Å²) in [6, 6.07) is 9.72. The molecule has 2 aromatic rings. The van der Waals surface area contributed by atoms with E-state index in [1.807, 2.05) is 0 Å². The van der Waals surface area contributed by atoms with Crippen molar-refractivity contribution in [1.29, 1.82) is 0 Å². The molecule has 19 heavy (non-hydrogen) atoms. The summed E-state index contributed by atoms with van der Waals surface area (Å²) < 4.78 is 2.50. The molecule has 3 heteroatoms. The van der Waals surface area contributed by atoms with Crippen molar-refractivity contribution in [2.24, 2.45) is 5.92 Å². The second-order valence-corrected chi connectivity index (χ2v) is 6.20. The molecular weight excluding hydrogens is 234 g/mol. The third-order valence-corrected chi connectivity index (χ3v) is 4.51. The molecule has 1 aliphatic heterocycles. The van der Waals surface area contributed by atoms with Crippen molar-refractivity contribution in [3.05, 3.63) is 30.1 Å². The Hall–Kier alpha value is -1.35. The molecule has 2 aliphatic rings. The number of hydrogen-bond acceptors (Lipinski definition) is 2. The lowest BCUT2D eigenvalue weighted by atomic mass is 9.94. The summed E-state index contributed by atoms with van der Waals surface area (Å²) in [5.74, 6) is 2.08. The van der Waals surface area contributed by atoms with E-state index in [1.165, 1.54) is 37.0 Å². The maximum atomic E-state index is 4.93. The van der Waals surface area contributed by atoms with Crippen molar-refractivity contribution >= 4 is 11.0 Å². The lowest BCUT2D eigenvalue weighted by Gasteiger charge is -2.28. The molecule has 1 aliphatic carbocycles. The SMILES string of the molecule is CC1CCNC(c2nc3ccccc3n2C2CC2)C1. The summed E-state index contributed by atoms with van der Waals surface area (Å²) in [4.78, 5) is 4.93. The van der Waals surface area contributed by atoms with E-state index in [0.717, 1.165) is 18.0 Å². The standard InChI is InChI=1S/C16H21N3/c1-11-8-9-17-14(10-11)16-18-13-4-2-3-5-15(13)19(16)12-6-7-12/h2-5,11-12,14,17H,6-10H2,1H3. The highest BCUT2D eigenvalue weighted by Gasteiger charge is 2.32. The molecule has 2 unspecified atom stereocenters. The summed E-state index contributed by atoms with van der Waals surface area (Å²) in [6.07, 6.45) is 5.14. The minimum Gasteiger partial charge on any atom is -0.324 e. The minimum absolute atomic E-state index is 0.441. The van der Waals surface area contributed by atoms with Gasteiger partial charge in [-0.15, -0.1) is 0 Å². The molecule has 100 valence electrons. The molecule has 0 radical (unpaired) electrons. The molecular formula is C16H21N3. The van der Waals surface area contributed by atoms with E-state index in [2.05, 4.69) is 41.1 Å². The van der Waals surface area contributed by atoms with Crippen molar-refractivity contribution in [3.63, 3.8) is 0 Å². The van der Waals surface area contributed by atoms with Gasteiger partial charge in [0.25, 0.3) is 0 Å². The quantitative estimate of drug-likeness (QED) is 0.891. The second-order valence-electron chi connectivity index (χ2n) is 6.20. The van der Waals surface area contributed by atoms with Gasteiger partial charge in [0.1, 0.15) is 5.82 Å². The highest BCUT2D eigenvalue weighted by atomic mass is 15.2. The van der Waals surface area contributed by atoms with Crippen LogP contribution in [-0.4, -0.2) is 16.1 Å². The van der Waals surface area contributed by atoms with Gasteiger partial charge in [-0.3, -0.25) is 0 Å². The van der Waals surface area contributed by atoms with Crippen LogP contribution in [0.5, 0.6) is 0 Å². The van der Waals surface area contributed by atoms with E-state index in [-0.39, 0.29) is 0 Å². The van der Waals surface area contributed by atoms with E-state index in [1.54, 1.807) is 0 Å². The number of nitrogens with zero attached hydrogens (tertiary/aromatic N) is 2. The molecule has 0 bridgehead atoms. The van der Waals surface area contributed by atoms with Crippen LogP contribution in [0.1, 0.15) is 50.5 Å². The zero-order valence-corrected chi connectivity index (χ0v) is 11.5. The number of aromatic nitrogens is 2. The molecule has 2 fully saturated rings. The predicted molar refractivity (Wildman–Crippen MR) is 77.1 cm³/mol. The van der Waals surface area contributed by atoms with Gasteiger partial charge >= 0.3 is 0 Å². The maximum Gasteiger partial charge on any atom is 0.127 e. The van der Waals surface area contributed by atoms with Gasteiger partial charge < -0.3 is 9.88 Å². The van der Waals surface area contributed by atoms with Crippen LogP contribution in [-0.2, 0) is 0 Å². The molecule has 0 amide bonds. The number of para-hydroxylation sites is 2. The molecule has 0 spiro atoms. The first-order valence-corrected chi connectivity index (χ1v) is 7.53. The number of hydrogen-bond donors (Lipinski definition) is 1. The Morgan fingerprint density at radius 3 is 2.84 bits per heavy atom. The Labute approximate surface area is 114 Å². The Morgan fingerprint density at radius 1 is 1.21 bits per heavy atom.